The molecule has 0 aliphatic heterocycles. The van der Waals surface area contributed by atoms with Crippen molar-refractivity contribution in [3.63, 3.8) is 0 Å². The Bertz CT molecular complexity index is 592. The lowest BCUT2D eigenvalue weighted by Crippen LogP contribution is -2.38. The largest absolute Gasteiger partial charge is 0.481 e. The van der Waals surface area contributed by atoms with Crippen molar-refractivity contribution in [1.82, 2.24) is 10.4 Å². The number of hydrogen-bond donors (Lipinski definition) is 2. The number of hydrogen-bond acceptors (Lipinski definition) is 4. The van der Waals surface area contributed by atoms with Gasteiger partial charge in [-0.15, -0.1) is 0 Å². The number of hydrazine groups is 1. The van der Waals surface area contributed by atoms with Gasteiger partial charge in [0.1, 0.15) is 5.82 Å². The fourth-order valence-corrected chi connectivity index (χ4v) is 2.52. The van der Waals surface area contributed by atoms with E-state index in [2.05, 4.69) is 26.3 Å². The molecule has 0 fully saturated rings. The van der Waals surface area contributed by atoms with E-state index in [1.807, 2.05) is 12.1 Å². The lowest BCUT2D eigenvalue weighted by atomic mass is 10.0. The number of nitrogens with one attached hydrogen (secondary N) is 1. The van der Waals surface area contributed by atoms with Gasteiger partial charge in [-0.3, -0.25) is 11.3 Å². The van der Waals surface area contributed by atoms with Crippen LogP contribution in [0.2, 0.25) is 0 Å². The molecule has 1 aromatic carbocycles. The van der Waals surface area contributed by atoms with Crippen molar-refractivity contribution < 1.29 is 9.13 Å². The summed E-state index contributed by atoms with van der Waals surface area (Å²) in [5, 5.41) is 0. The van der Waals surface area contributed by atoms with Crippen LogP contribution in [0.25, 0.3) is 0 Å². The van der Waals surface area contributed by atoms with Crippen molar-refractivity contribution >= 4 is 15.9 Å². The van der Waals surface area contributed by atoms with Gasteiger partial charge < -0.3 is 4.74 Å². The van der Waals surface area contributed by atoms with Crippen LogP contribution in [0.4, 0.5) is 4.39 Å². The molecule has 0 bridgehead atoms. The highest BCUT2D eigenvalue weighted by molar-refractivity contribution is 9.10. The average molecular weight is 354 g/mol. The third kappa shape index (κ3) is 4.23. The first kappa shape index (κ1) is 15.9. The van der Waals surface area contributed by atoms with Crippen LogP contribution in [0.15, 0.2) is 41.0 Å². The van der Waals surface area contributed by atoms with Gasteiger partial charge in [-0.25, -0.2) is 9.37 Å². The Morgan fingerprint density at radius 1 is 1.33 bits per heavy atom. The zero-order valence-electron chi connectivity index (χ0n) is 11.6. The molecule has 6 heteroatoms. The summed E-state index contributed by atoms with van der Waals surface area (Å²) >= 11 is 3.27. The lowest BCUT2D eigenvalue weighted by Gasteiger charge is -2.17. The maximum absolute atomic E-state index is 13.5. The Hall–Kier alpha value is -1.50. The summed E-state index contributed by atoms with van der Waals surface area (Å²) in [6.07, 6.45) is 3.06. The van der Waals surface area contributed by atoms with E-state index in [9.17, 15) is 4.39 Å². The summed E-state index contributed by atoms with van der Waals surface area (Å²) in [6.45, 7) is 0. The number of aromatic nitrogens is 1. The van der Waals surface area contributed by atoms with E-state index in [4.69, 9.17) is 10.6 Å². The summed E-state index contributed by atoms with van der Waals surface area (Å²) < 4.78 is 19.0. The van der Waals surface area contributed by atoms with E-state index in [-0.39, 0.29) is 11.9 Å². The van der Waals surface area contributed by atoms with E-state index < -0.39 is 0 Å². The monoisotopic (exact) mass is 353 g/mol. The number of benzene rings is 1. The number of nitrogens with zero attached hydrogens (tertiary/aromatic N) is 1. The molecule has 1 unspecified atom stereocenters. The molecule has 0 aliphatic rings. The molecule has 4 nitrogen and oxygen atoms in total. The first-order chi connectivity index (χ1) is 10.1. The summed E-state index contributed by atoms with van der Waals surface area (Å²) in [5.74, 6) is 5.91. The van der Waals surface area contributed by atoms with Gasteiger partial charge in [-0.05, 0) is 46.0 Å². The highest BCUT2D eigenvalue weighted by Crippen LogP contribution is 2.22. The van der Waals surface area contributed by atoms with Gasteiger partial charge in [0.25, 0.3) is 0 Å². The van der Waals surface area contributed by atoms with E-state index in [0.717, 1.165) is 11.1 Å². The van der Waals surface area contributed by atoms with Crippen molar-refractivity contribution in [2.24, 2.45) is 5.84 Å². The summed E-state index contributed by atoms with van der Waals surface area (Å²) in [5.41, 5.74) is 4.68. The summed E-state index contributed by atoms with van der Waals surface area (Å²) in [6, 6.07) is 8.73. The van der Waals surface area contributed by atoms with E-state index >= 15 is 0 Å². The SMILES string of the molecule is COc1ccc(CC(Cc2cccc(F)c2Br)NN)cn1. The molecule has 2 rings (SSSR count). The van der Waals surface area contributed by atoms with Gasteiger partial charge in [0.2, 0.25) is 5.88 Å². The minimum atomic E-state index is -0.269. The Labute approximate surface area is 131 Å². The van der Waals surface area contributed by atoms with E-state index in [1.165, 1.54) is 6.07 Å². The molecule has 0 amide bonds. The molecule has 1 aromatic heterocycles. The second-order valence-electron chi connectivity index (χ2n) is 4.69. The molecule has 0 aliphatic carbocycles. The standard InChI is InChI=1S/C15H17BrFN3O/c1-21-14-6-5-10(9-19-14)7-12(20-18)8-11-3-2-4-13(17)15(11)16/h2-6,9,12,20H,7-8,18H2,1H3. The molecule has 3 N–H and O–H groups in total. The number of ether oxygens (including phenoxy) is 1. The normalized spacial score (nSPS) is 12.2. The molecular weight excluding hydrogens is 337 g/mol. The highest BCUT2D eigenvalue weighted by Gasteiger charge is 2.13. The van der Waals surface area contributed by atoms with Crippen LogP contribution < -0.4 is 16.0 Å². The zero-order chi connectivity index (χ0) is 15.2. The molecule has 0 radical (unpaired) electrons. The van der Waals surface area contributed by atoms with Gasteiger partial charge in [0, 0.05) is 18.3 Å². The average Bonchev–Trinajstić information content (AvgIpc) is 2.51. The van der Waals surface area contributed by atoms with Crippen LogP contribution in [0.3, 0.4) is 0 Å². The van der Waals surface area contributed by atoms with Gasteiger partial charge >= 0.3 is 0 Å². The van der Waals surface area contributed by atoms with Gasteiger partial charge in [0.15, 0.2) is 0 Å². The zero-order valence-corrected chi connectivity index (χ0v) is 13.2. The van der Waals surface area contributed by atoms with Crippen molar-refractivity contribution in [3.8, 4) is 5.88 Å². The molecule has 0 spiro atoms. The number of methoxy groups -OCH3 is 1. The molecule has 112 valence electrons. The van der Waals surface area contributed by atoms with Crippen molar-refractivity contribution in [1.29, 1.82) is 0 Å². The van der Waals surface area contributed by atoms with Crippen LogP contribution in [0.5, 0.6) is 5.88 Å². The fraction of sp³-hybridized carbons (Fsp3) is 0.267. The number of pyridine rings is 1. The predicted molar refractivity (Wildman–Crippen MR) is 83.4 cm³/mol. The van der Waals surface area contributed by atoms with Crippen LogP contribution in [-0.4, -0.2) is 18.1 Å². The maximum Gasteiger partial charge on any atom is 0.212 e. The van der Waals surface area contributed by atoms with Gasteiger partial charge in [-0.1, -0.05) is 18.2 Å². The van der Waals surface area contributed by atoms with Crippen LogP contribution in [0, 0.1) is 5.82 Å². The van der Waals surface area contributed by atoms with E-state index in [1.54, 1.807) is 25.4 Å². The van der Waals surface area contributed by atoms with Crippen LogP contribution in [-0.2, 0) is 12.8 Å². The second-order valence-corrected chi connectivity index (χ2v) is 5.49. The Balaban J connectivity index is 2.07. The molecule has 0 saturated heterocycles. The predicted octanol–water partition coefficient (Wildman–Crippen LogP) is 2.61. The Morgan fingerprint density at radius 3 is 2.76 bits per heavy atom. The minimum Gasteiger partial charge on any atom is -0.481 e. The van der Waals surface area contributed by atoms with Gasteiger partial charge in [-0.2, -0.15) is 0 Å². The second kappa shape index (κ2) is 7.49. The Morgan fingerprint density at radius 2 is 2.14 bits per heavy atom. The molecular formula is C15H17BrFN3O. The van der Waals surface area contributed by atoms with Crippen LogP contribution in [0.1, 0.15) is 11.1 Å². The molecule has 21 heavy (non-hydrogen) atoms. The minimum absolute atomic E-state index is 0.0155. The van der Waals surface area contributed by atoms with Crippen molar-refractivity contribution in [2.75, 3.05) is 7.11 Å². The molecule has 1 atom stereocenters. The fourth-order valence-electron chi connectivity index (χ4n) is 2.10. The summed E-state index contributed by atoms with van der Waals surface area (Å²) in [7, 11) is 1.58. The topological polar surface area (TPSA) is 60.2 Å². The molecule has 2 aromatic rings. The highest BCUT2D eigenvalue weighted by atomic mass is 79.9. The van der Waals surface area contributed by atoms with Crippen LogP contribution >= 0.6 is 15.9 Å². The first-order valence-corrected chi connectivity index (χ1v) is 7.31. The summed E-state index contributed by atoms with van der Waals surface area (Å²) in [4.78, 5) is 4.16. The Kier molecular flexibility index (Phi) is 5.67. The molecule has 0 saturated carbocycles. The number of halogens is 2. The first-order valence-electron chi connectivity index (χ1n) is 6.52. The third-order valence-electron chi connectivity index (χ3n) is 3.22. The number of nitrogens with two attached hydrogens (primary N) is 1. The van der Waals surface area contributed by atoms with Gasteiger partial charge in [0.05, 0.1) is 11.6 Å². The quantitative estimate of drug-likeness (QED) is 0.619. The van der Waals surface area contributed by atoms with E-state index in [0.29, 0.717) is 23.2 Å². The number of rotatable bonds is 6. The smallest absolute Gasteiger partial charge is 0.212 e. The lowest BCUT2D eigenvalue weighted by molar-refractivity contribution is 0.397. The van der Waals surface area contributed by atoms with Crippen molar-refractivity contribution in [2.45, 2.75) is 18.9 Å². The molecule has 1 heterocycles. The van der Waals surface area contributed by atoms with Crippen molar-refractivity contribution in [3.05, 3.63) is 57.9 Å². The maximum atomic E-state index is 13.5. The third-order valence-corrected chi connectivity index (χ3v) is 4.11.